The van der Waals surface area contributed by atoms with Gasteiger partial charge < -0.3 is 24.1 Å². The minimum Gasteiger partial charge on any atom is -0.478 e. The van der Waals surface area contributed by atoms with Crippen LogP contribution < -0.4 is 0 Å². The van der Waals surface area contributed by atoms with Crippen LogP contribution in [0.3, 0.4) is 0 Å². The van der Waals surface area contributed by atoms with Crippen molar-refractivity contribution in [2.75, 3.05) is 14.2 Å². The van der Waals surface area contributed by atoms with Gasteiger partial charge in [0.1, 0.15) is 11.2 Å². The number of carbonyl (C=O) groups excluding carboxylic acids is 2. The fourth-order valence-corrected chi connectivity index (χ4v) is 4.62. The van der Waals surface area contributed by atoms with Crippen LogP contribution in [0.1, 0.15) is 61.7 Å². The maximum Gasteiger partial charge on any atom is 0.338 e. The number of aromatic carboxylic acids is 2. The fraction of sp³-hybridized carbons (Fsp3) is 0.280. The zero-order valence-corrected chi connectivity index (χ0v) is 20.0. The third-order valence-electron chi connectivity index (χ3n) is 6.29. The average Bonchev–Trinajstić information content (AvgIpc) is 3.59. The topological polar surface area (TPSA) is 140 Å². The second-order valence-electron chi connectivity index (χ2n) is 8.29. The van der Waals surface area contributed by atoms with Gasteiger partial charge in [0.25, 0.3) is 0 Å². The Morgan fingerprint density at radius 2 is 1.60 bits per heavy atom. The molecule has 35 heavy (non-hydrogen) atoms. The molecule has 1 aliphatic rings. The van der Waals surface area contributed by atoms with E-state index in [0.29, 0.717) is 34.4 Å². The lowest BCUT2D eigenvalue weighted by Crippen LogP contribution is -2.18. The molecule has 0 saturated heterocycles. The normalized spacial score (nSPS) is 13.8. The molecule has 10 heteroatoms. The molecule has 2 aromatic carbocycles. The number of furan rings is 1. The number of carboxylic acids is 2. The van der Waals surface area contributed by atoms with Crippen LogP contribution in [0.2, 0.25) is 5.02 Å². The second kappa shape index (κ2) is 8.74. The smallest absolute Gasteiger partial charge is 0.338 e. The molecule has 9 nitrogen and oxygen atoms in total. The van der Waals surface area contributed by atoms with Gasteiger partial charge in [-0.05, 0) is 49.8 Å². The molecule has 1 aliphatic carbocycles. The molecule has 1 aromatic heterocycles. The van der Waals surface area contributed by atoms with Crippen molar-refractivity contribution in [3.8, 4) is 0 Å². The first-order valence-electron chi connectivity index (χ1n) is 10.6. The number of fused-ring (bicyclic) bond motifs is 3. The number of ether oxygens (including phenoxy) is 2. The molecule has 0 unspecified atom stereocenters. The van der Waals surface area contributed by atoms with Crippen LogP contribution in [-0.2, 0) is 19.1 Å². The van der Waals surface area contributed by atoms with Crippen molar-refractivity contribution in [1.29, 1.82) is 0 Å². The molecule has 1 fully saturated rings. The number of esters is 2. The van der Waals surface area contributed by atoms with E-state index in [1.807, 2.05) is 0 Å². The monoisotopic (exact) mass is 500 g/mol. The molecule has 1 heterocycles. The number of hydrogen-bond acceptors (Lipinski definition) is 7. The summed E-state index contributed by atoms with van der Waals surface area (Å²) in [5, 5.41) is 21.3. The number of rotatable bonds is 6. The van der Waals surface area contributed by atoms with E-state index in [4.69, 9.17) is 20.8 Å². The van der Waals surface area contributed by atoms with Gasteiger partial charge in [-0.3, -0.25) is 0 Å². The number of methoxy groups -OCH3 is 2. The molecule has 0 radical (unpaired) electrons. The minimum atomic E-state index is -1.59. The highest BCUT2D eigenvalue weighted by molar-refractivity contribution is 6.34. The summed E-state index contributed by atoms with van der Waals surface area (Å²) in [4.78, 5) is 50.1. The van der Waals surface area contributed by atoms with Gasteiger partial charge in [-0.1, -0.05) is 11.6 Å². The van der Waals surface area contributed by atoms with Crippen LogP contribution in [0.25, 0.3) is 27.5 Å². The van der Waals surface area contributed by atoms with E-state index >= 15 is 0 Å². The van der Waals surface area contributed by atoms with E-state index < -0.39 is 40.6 Å². The SMILES string of the molecule is COC(=O)/C=C(\C(=O)OC)c1c(C(=O)O)c(C(=O)O)c(C2CC2)c2oc3c(C)c(C)c(Cl)cc3c12. The Balaban J connectivity index is 2.38. The molecular formula is C25H21ClO9. The van der Waals surface area contributed by atoms with E-state index in [0.717, 1.165) is 25.9 Å². The zero-order valence-electron chi connectivity index (χ0n) is 19.3. The lowest BCUT2D eigenvalue weighted by atomic mass is 9.85. The molecule has 0 bridgehead atoms. The summed E-state index contributed by atoms with van der Waals surface area (Å²) in [6.45, 7) is 3.56. The first-order valence-corrected chi connectivity index (χ1v) is 11.0. The highest BCUT2D eigenvalue weighted by Gasteiger charge is 2.40. The largest absolute Gasteiger partial charge is 0.478 e. The zero-order chi connectivity index (χ0) is 25.8. The lowest BCUT2D eigenvalue weighted by molar-refractivity contribution is -0.136. The Bertz CT molecular complexity index is 1490. The molecule has 0 spiro atoms. The van der Waals surface area contributed by atoms with Crippen molar-refractivity contribution in [2.24, 2.45) is 0 Å². The Morgan fingerprint density at radius 3 is 2.11 bits per heavy atom. The van der Waals surface area contributed by atoms with Crippen molar-refractivity contribution >= 4 is 63.0 Å². The van der Waals surface area contributed by atoms with E-state index in [1.54, 1.807) is 19.9 Å². The van der Waals surface area contributed by atoms with Crippen molar-refractivity contribution in [2.45, 2.75) is 32.6 Å². The van der Waals surface area contributed by atoms with Crippen molar-refractivity contribution < 1.29 is 43.3 Å². The Morgan fingerprint density at radius 1 is 0.971 bits per heavy atom. The predicted molar refractivity (Wildman–Crippen MR) is 126 cm³/mol. The van der Waals surface area contributed by atoms with Crippen LogP contribution in [0.5, 0.6) is 0 Å². The number of carboxylic acid groups (broad SMARTS) is 2. The van der Waals surface area contributed by atoms with E-state index in [9.17, 15) is 29.4 Å². The van der Waals surface area contributed by atoms with Crippen LogP contribution in [0.15, 0.2) is 16.6 Å². The van der Waals surface area contributed by atoms with Crippen LogP contribution >= 0.6 is 11.6 Å². The van der Waals surface area contributed by atoms with Crippen molar-refractivity contribution in [3.05, 3.63) is 50.5 Å². The molecule has 0 amide bonds. The minimum absolute atomic E-state index is 0.129. The van der Waals surface area contributed by atoms with Gasteiger partial charge in [-0.15, -0.1) is 0 Å². The van der Waals surface area contributed by atoms with Crippen LogP contribution in [-0.4, -0.2) is 48.3 Å². The molecule has 3 aromatic rings. The molecule has 1 saturated carbocycles. The van der Waals surface area contributed by atoms with Gasteiger partial charge in [0.15, 0.2) is 0 Å². The van der Waals surface area contributed by atoms with Crippen molar-refractivity contribution in [1.82, 2.24) is 0 Å². The third-order valence-corrected chi connectivity index (χ3v) is 6.69. The second-order valence-corrected chi connectivity index (χ2v) is 8.69. The third kappa shape index (κ3) is 3.81. The highest BCUT2D eigenvalue weighted by atomic mass is 35.5. The van der Waals surface area contributed by atoms with Gasteiger partial charge in [-0.25, -0.2) is 19.2 Å². The maximum atomic E-state index is 12.8. The maximum absolute atomic E-state index is 12.8. The van der Waals surface area contributed by atoms with Crippen LogP contribution in [0.4, 0.5) is 0 Å². The number of hydrogen-bond donors (Lipinski definition) is 2. The Kier molecular flexibility index (Phi) is 6.06. The molecule has 4 rings (SSSR count). The molecular weight excluding hydrogens is 480 g/mol. The van der Waals surface area contributed by atoms with Gasteiger partial charge in [0.05, 0.1) is 30.9 Å². The van der Waals surface area contributed by atoms with Crippen molar-refractivity contribution in [3.63, 3.8) is 0 Å². The molecule has 0 atom stereocenters. The molecule has 182 valence electrons. The summed E-state index contributed by atoms with van der Waals surface area (Å²) < 4.78 is 15.7. The quantitative estimate of drug-likeness (QED) is 0.358. The summed E-state index contributed by atoms with van der Waals surface area (Å²) in [5.74, 6) is -5.35. The van der Waals surface area contributed by atoms with Crippen LogP contribution in [0, 0.1) is 13.8 Å². The van der Waals surface area contributed by atoms with E-state index in [1.165, 1.54) is 0 Å². The predicted octanol–water partition coefficient (Wildman–Crippen LogP) is 4.86. The number of halogens is 1. The average molecular weight is 501 g/mol. The summed E-state index contributed by atoms with van der Waals surface area (Å²) in [5.41, 5.74) is 0.181. The number of benzene rings is 2. The number of carbonyl (C=O) groups is 4. The standard InChI is InChI=1S/C25H21ClO9/c1-9-10(2)21-12(7-14(9)26)18-17(13(25(32)34-4)8-15(27)33-3)20(24(30)31)19(23(28)29)16(11-5-6-11)22(18)35-21/h7-8,11H,5-6H2,1-4H3,(H,28,29)(H,30,31)/b13-8-. The first-order chi connectivity index (χ1) is 16.5. The number of aryl methyl sites for hydroxylation is 1. The summed E-state index contributed by atoms with van der Waals surface area (Å²) in [6.07, 6.45) is 2.06. The van der Waals surface area contributed by atoms with Gasteiger partial charge in [0.2, 0.25) is 0 Å². The lowest BCUT2D eigenvalue weighted by Gasteiger charge is -2.17. The van der Waals surface area contributed by atoms with E-state index in [-0.39, 0.29) is 28.0 Å². The Labute approximate surface area is 203 Å². The summed E-state index contributed by atoms with van der Waals surface area (Å²) >= 11 is 6.45. The summed E-state index contributed by atoms with van der Waals surface area (Å²) in [6, 6.07) is 1.57. The molecule has 0 aliphatic heterocycles. The molecule has 2 N–H and O–H groups in total. The van der Waals surface area contributed by atoms with Gasteiger partial charge in [-0.2, -0.15) is 0 Å². The first kappa shape index (κ1) is 24.3. The van der Waals surface area contributed by atoms with Gasteiger partial charge in [0, 0.05) is 33.0 Å². The summed E-state index contributed by atoms with van der Waals surface area (Å²) in [7, 11) is 2.14. The highest BCUT2D eigenvalue weighted by Crippen LogP contribution is 2.51. The van der Waals surface area contributed by atoms with E-state index in [2.05, 4.69) is 4.74 Å². The Hall–Kier alpha value is -3.85. The fourth-order valence-electron chi connectivity index (χ4n) is 4.37. The van der Waals surface area contributed by atoms with Gasteiger partial charge >= 0.3 is 23.9 Å².